The van der Waals surface area contributed by atoms with Gasteiger partial charge in [-0.15, -0.1) is 0 Å². The second-order valence-corrected chi connectivity index (χ2v) is 17.9. The first kappa shape index (κ1) is 41.5. The molecule has 0 bridgehead atoms. The number of hydrogen-bond donors (Lipinski definition) is 0. The second kappa shape index (κ2) is 16.9. The lowest BCUT2D eigenvalue weighted by atomic mass is 9.87. The molecule has 6 aromatic rings. The molecule has 8 nitrogen and oxygen atoms in total. The molecule has 0 unspecified atom stereocenters. The van der Waals surface area contributed by atoms with Gasteiger partial charge in [0.2, 0.25) is 0 Å². The smallest absolute Gasteiger partial charge is 0.268 e. The molecule has 2 aliphatic heterocycles. The van der Waals surface area contributed by atoms with E-state index in [0.29, 0.717) is 82.8 Å². The van der Waals surface area contributed by atoms with Gasteiger partial charge >= 0.3 is 0 Å². The van der Waals surface area contributed by atoms with Crippen molar-refractivity contribution in [3.05, 3.63) is 143 Å². The van der Waals surface area contributed by atoms with Gasteiger partial charge in [0.15, 0.2) is 0 Å². The van der Waals surface area contributed by atoms with Crippen LogP contribution in [0.15, 0.2) is 109 Å². The molecule has 8 heteroatoms. The molecule has 2 fully saturated rings. The summed E-state index contributed by atoms with van der Waals surface area (Å²) in [5, 5.41) is 1.74. The Morgan fingerprint density at radius 1 is 0.406 bits per heavy atom. The zero-order chi connectivity index (χ0) is 44.2. The number of benzene rings is 6. The zero-order valence-electron chi connectivity index (χ0n) is 37.5. The average Bonchev–Trinajstić information content (AvgIpc) is 4.16. The van der Waals surface area contributed by atoms with Crippen LogP contribution in [0, 0.1) is 0 Å². The number of nitrogens with zero attached hydrogens (tertiary/aromatic N) is 4. The summed E-state index contributed by atoms with van der Waals surface area (Å²) in [6, 6.07) is 36.0. The SMILES string of the molecule is CCN(CC)c1ccc(-c2ccc(-c3ccc(N(CC)CC)c4c3C(=O)N(c3ccc(C5CCCC5)cc3)C4=O)c3ccccc23)c2c1C(=O)N(c1ccc(C3CCCC3)cc1)C2=O. The Kier molecular flexibility index (Phi) is 10.9. The van der Waals surface area contributed by atoms with Crippen LogP contribution in [0.25, 0.3) is 33.0 Å². The fraction of sp³-hybridized carbons (Fsp3) is 0.321. The molecule has 0 saturated heterocycles. The Bertz CT molecular complexity index is 2630. The van der Waals surface area contributed by atoms with Crippen LogP contribution in [0.2, 0.25) is 0 Å². The summed E-state index contributed by atoms with van der Waals surface area (Å²) in [7, 11) is 0. The van der Waals surface area contributed by atoms with Crippen molar-refractivity contribution in [2.24, 2.45) is 0 Å². The first-order valence-electron chi connectivity index (χ1n) is 23.6. The first-order valence-corrected chi connectivity index (χ1v) is 23.6. The summed E-state index contributed by atoms with van der Waals surface area (Å²) in [5.41, 5.74) is 9.77. The molecule has 2 aliphatic carbocycles. The summed E-state index contributed by atoms with van der Waals surface area (Å²) >= 11 is 0. The minimum atomic E-state index is -0.337. The number of amides is 4. The third-order valence-corrected chi connectivity index (χ3v) is 14.7. The van der Waals surface area contributed by atoms with Gasteiger partial charge in [0.05, 0.1) is 45.0 Å². The van der Waals surface area contributed by atoms with Gasteiger partial charge in [0, 0.05) is 26.2 Å². The topological polar surface area (TPSA) is 81.2 Å². The number of fused-ring (bicyclic) bond motifs is 3. The molecule has 0 N–H and O–H groups in total. The Balaban J connectivity index is 1.10. The number of rotatable bonds is 12. The maximum atomic E-state index is 14.9. The molecule has 10 rings (SSSR count). The van der Waals surface area contributed by atoms with E-state index in [-0.39, 0.29) is 23.6 Å². The number of carbonyl (C=O) groups is 4. The summed E-state index contributed by atoms with van der Waals surface area (Å²) < 4.78 is 0. The van der Waals surface area contributed by atoms with Crippen molar-refractivity contribution in [3.8, 4) is 22.3 Å². The zero-order valence-corrected chi connectivity index (χ0v) is 37.5. The number of imide groups is 2. The Labute approximate surface area is 376 Å². The van der Waals surface area contributed by atoms with Crippen LogP contribution in [0.3, 0.4) is 0 Å². The maximum absolute atomic E-state index is 14.9. The molecule has 324 valence electrons. The number of anilines is 4. The molecule has 4 amide bonds. The summed E-state index contributed by atoms with van der Waals surface area (Å²) in [6.07, 6.45) is 9.59. The Hall–Kier alpha value is -6.54. The highest BCUT2D eigenvalue weighted by Crippen LogP contribution is 2.47. The minimum Gasteiger partial charge on any atom is -0.371 e. The van der Waals surface area contributed by atoms with Crippen molar-refractivity contribution in [3.63, 3.8) is 0 Å². The van der Waals surface area contributed by atoms with Gasteiger partial charge in [-0.05, 0) is 146 Å². The van der Waals surface area contributed by atoms with E-state index in [4.69, 9.17) is 0 Å². The second-order valence-electron chi connectivity index (χ2n) is 17.9. The van der Waals surface area contributed by atoms with Crippen LogP contribution in [0.4, 0.5) is 22.7 Å². The normalized spacial score (nSPS) is 16.4. The third-order valence-electron chi connectivity index (χ3n) is 14.7. The highest BCUT2D eigenvalue weighted by atomic mass is 16.2. The number of hydrogen-bond acceptors (Lipinski definition) is 6. The predicted octanol–water partition coefficient (Wildman–Crippen LogP) is 12.8. The van der Waals surface area contributed by atoms with E-state index in [2.05, 4.69) is 61.8 Å². The Morgan fingerprint density at radius 3 is 1.08 bits per heavy atom. The van der Waals surface area contributed by atoms with Gasteiger partial charge in [-0.1, -0.05) is 98.5 Å². The molecule has 2 heterocycles. The van der Waals surface area contributed by atoms with E-state index in [0.717, 1.165) is 33.3 Å². The lowest BCUT2D eigenvalue weighted by molar-refractivity contribution is 0.0910. The lowest BCUT2D eigenvalue weighted by Crippen LogP contribution is -2.30. The van der Waals surface area contributed by atoms with Crippen molar-refractivity contribution in [2.45, 2.75) is 90.9 Å². The average molecular weight is 849 g/mol. The van der Waals surface area contributed by atoms with Crippen molar-refractivity contribution < 1.29 is 19.2 Å². The van der Waals surface area contributed by atoms with Gasteiger partial charge in [0.1, 0.15) is 0 Å². The Morgan fingerprint density at radius 2 is 0.734 bits per heavy atom. The molecular formula is C56H56N4O4. The van der Waals surface area contributed by atoms with Crippen molar-refractivity contribution >= 4 is 57.2 Å². The van der Waals surface area contributed by atoms with Crippen LogP contribution in [0.1, 0.15) is 143 Å². The monoisotopic (exact) mass is 848 g/mol. The van der Waals surface area contributed by atoms with Crippen LogP contribution >= 0.6 is 0 Å². The van der Waals surface area contributed by atoms with Crippen LogP contribution < -0.4 is 19.6 Å². The molecular weight excluding hydrogens is 793 g/mol. The molecule has 0 radical (unpaired) electrons. The fourth-order valence-corrected chi connectivity index (χ4v) is 11.3. The van der Waals surface area contributed by atoms with Crippen molar-refractivity contribution in [1.29, 1.82) is 0 Å². The molecule has 4 aliphatic rings. The van der Waals surface area contributed by atoms with Gasteiger partial charge in [-0.25, -0.2) is 9.80 Å². The minimum absolute atomic E-state index is 0.317. The van der Waals surface area contributed by atoms with Gasteiger partial charge in [-0.3, -0.25) is 19.2 Å². The van der Waals surface area contributed by atoms with Gasteiger partial charge in [0.25, 0.3) is 23.6 Å². The van der Waals surface area contributed by atoms with E-state index in [1.165, 1.54) is 72.3 Å². The quantitative estimate of drug-likeness (QED) is 0.114. The molecule has 0 atom stereocenters. The summed E-state index contributed by atoms with van der Waals surface area (Å²) in [6.45, 7) is 11.0. The van der Waals surface area contributed by atoms with Crippen molar-refractivity contribution in [2.75, 3.05) is 45.8 Å². The van der Waals surface area contributed by atoms with Crippen molar-refractivity contribution in [1.82, 2.24) is 0 Å². The highest BCUT2D eigenvalue weighted by Gasteiger charge is 2.44. The molecule has 64 heavy (non-hydrogen) atoms. The number of carbonyl (C=O) groups excluding carboxylic acids is 4. The predicted molar refractivity (Wildman–Crippen MR) is 260 cm³/mol. The first-order chi connectivity index (χ1) is 31.3. The van der Waals surface area contributed by atoms with E-state index in [1.807, 2.05) is 84.9 Å². The van der Waals surface area contributed by atoms with E-state index < -0.39 is 0 Å². The van der Waals surface area contributed by atoms with Crippen LogP contribution in [0.5, 0.6) is 0 Å². The van der Waals surface area contributed by atoms with E-state index >= 15 is 0 Å². The molecule has 2 saturated carbocycles. The molecule has 0 aromatic heterocycles. The van der Waals surface area contributed by atoms with Gasteiger partial charge < -0.3 is 9.80 Å². The van der Waals surface area contributed by atoms with Crippen LogP contribution in [-0.4, -0.2) is 49.8 Å². The fourth-order valence-electron chi connectivity index (χ4n) is 11.3. The largest absolute Gasteiger partial charge is 0.371 e. The third kappa shape index (κ3) is 6.63. The lowest BCUT2D eigenvalue weighted by Gasteiger charge is -2.24. The summed E-state index contributed by atoms with van der Waals surface area (Å²) in [5.74, 6) is -0.269. The molecule has 0 spiro atoms. The summed E-state index contributed by atoms with van der Waals surface area (Å²) in [4.78, 5) is 66.1. The molecule has 6 aromatic carbocycles. The van der Waals surface area contributed by atoms with Crippen LogP contribution in [-0.2, 0) is 0 Å². The van der Waals surface area contributed by atoms with Gasteiger partial charge in [-0.2, -0.15) is 0 Å². The highest BCUT2D eigenvalue weighted by molar-refractivity contribution is 6.39. The standard InChI is InChI=1S/C56H56N4O4/c1-5-57(6-2)47-33-31-45(49-51(47)55(63)59(53(49)61)39-25-21-37(22-26-39)35-15-9-10-16-35)43-29-30-44(42-20-14-13-19-41(42)43)46-32-34-48(58(7-3)8-4)52-50(46)54(62)60(56(52)64)40-27-23-38(24-28-40)36-17-11-12-18-36/h13-14,19-36H,5-12,15-18H2,1-4H3. The van der Waals surface area contributed by atoms with E-state index in [9.17, 15) is 19.2 Å². The van der Waals surface area contributed by atoms with E-state index in [1.54, 1.807) is 0 Å². The maximum Gasteiger partial charge on any atom is 0.268 e.